The predicted octanol–water partition coefficient (Wildman–Crippen LogP) is 2.25. The van der Waals surface area contributed by atoms with Crippen LogP contribution in [0.3, 0.4) is 0 Å². The zero-order valence-corrected chi connectivity index (χ0v) is 11.5. The van der Waals surface area contributed by atoms with Crippen LogP contribution < -0.4 is 15.4 Å². The first-order chi connectivity index (χ1) is 10.1. The quantitative estimate of drug-likeness (QED) is 0.880. The summed E-state index contributed by atoms with van der Waals surface area (Å²) in [4.78, 5) is 13.6. The van der Waals surface area contributed by atoms with E-state index in [-0.39, 0.29) is 11.7 Å². The van der Waals surface area contributed by atoms with Crippen LogP contribution in [0.2, 0.25) is 0 Å². The van der Waals surface area contributed by atoms with Crippen LogP contribution in [0.1, 0.15) is 11.6 Å². The van der Waals surface area contributed by atoms with Crippen molar-refractivity contribution in [3.63, 3.8) is 0 Å². The van der Waals surface area contributed by atoms with Crippen LogP contribution in [0.25, 0.3) is 0 Å². The Morgan fingerprint density at radius 1 is 1.19 bits per heavy atom. The van der Waals surface area contributed by atoms with E-state index in [2.05, 4.69) is 0 Å². The molecule has 0 aromatic heterocycles. The minimum atomic E-state index is -0.729. The number of rotatable bonds is 3. The van der Waals surface area contributed by atoms with E-state index in [4.69, 9.17) is 10.5 Å². The van der Waals surface area contributed by atoms with Gasteiger partial charge in [0, 0.05) is 17.3 Å². The molecule has 108 valence electrons. The highest BCUT2D eigenvalue weighted by Crippen LogP contribution is 2.39. The lowest BCUT2D eigenvalue weighted by molar-refractivity contribution is -0.126. The Hall–Kier alpha value is -2.40. The van der Waals surface area contributed by atoms with E-state index in [1.54, 1.807) is 49.6 Å². The van der Waals surface area contributed by atoms with Gasteiger partial charge in [-0.05, 0) is 18.2 Å². The summed E-state index contributed by atoms with van der Waals surface area (Å²) in [6.07, 6.45) is 0. The van der Waals surface area contributed by atoms with Gasteiger partial charge in [0.15, 0.2) is 0 Å². The normalized spacial score (nSPS) is 21.1. The maximum Gasteiger partial charge on any atom is 0.247 e. The topological polar surface area (TPSA) is 55.6 Å². The molecular formula is C16H15FN2O2. The zero-order valence-electron chi connectivity index (χ0n) is 11.5. The molecule has 2 unspecified atom stereocenters. The number of methoxy groups -OCH3 is 1. The van der Waals surface area contributed by atoms with Crippen molar-refractivity contribution < 1.29 is 13.9 Å². The van der Waals surface area contributed by atoms with Gasteiger partial charge in [-0.2, -0.15) is 0 Å². The molecule has 1 aliphatic heterocycles. The average molecular weight is 286 g/mol. The van der Waals surface area contributed by atoms with Crippen molar-refractivity contribution in [3.05, 3.63) is 59.9 Å². The SMILES string of the molecule is COc1cccc(N2C(=O)C(N)C2c2ccccc2F)c1. The summed E-state index contributed by atoms with van der Waals surface area (Å²) in [5, 5.41) is 0. The van der Waals surface area contributed by atoms with E-state index in [9.17, 15) is 9.18 Å². The van der Waals surface area contributed by atoms with E-state index >= 15 is 0 Å². The smallest absolute Gasteiger partial charge is 0.247 e. The molecule has 1 heterocycles. The van der Waals surface area contributed by atoms with Gasteiger partial charge in [0.2, 0.25) is 5.91 Å². The van der Waals surface area contributed by atoms with Crippen LogP contribution >= 0.6 is 0 Å². The van der Waals surface area contributed by atoms with Gasteiger partial charge < -0.3 is 15.4 Å². The summed E-state index contributed by atoms with van der Waals surface area (Å²) >= 11 is 0. The fourth-order valence-corrected chi connectivity index (χ4v) is 2.61. The second-order valence-corrected chi connectivity index (χ2v) is 4.90. The summed E-state index contributed by atoms with van der Waals surface area (Å²) in [5.41, 5.74) is 6.95. The Balaban J connectivity index is 2.00. The van der Waals surface area contributed by atoms with Gasteiger partial charge in [0.1, 0.15) is 17.6 Å². The molecule has 0 spiro atoms. The van der Waals surface area contributed by atoms with Crippen molar-refractivity contribution in [1.29, 1.82) is 0 Å². The minimum Gasteiger partial charge on any atom is -0.497 e. The highest BCUT2D eigenvalue weighted by molar-refractivity contribution is 6.05. The number of benzene rings is 2. The molecular weight excluding hydrogens is 271 g/mol. The van der Waals surface area contributed by atoms with Gasteiger partial charge >= 0.3 is 0 Å². The summed E-state index contributed by atoms with van der Waals surface area (Å²) in [6, 6.07) is 12.2. The van der Waals surface area contributed by atoms with Crippen LogP contribution in [-0.4, -0.2) is 19.1 Å². The fourth-order valence-electron chi connectivity index (χ4n) is 2.61. The number of nitrogens with two attached hydrogens (primary N) is 1. The van der Waals surface area contributed by atoms with E-state index in [0.29, 0.717) is 17.0 Å². The Kier molecular flexibility index (Phi) is 3.35. The number of anilines is 1. The molecule has 5 heteroatoms. The molecule has 1 aliphatic rings. The van der Waals surface area contributed by atoms with Gasteiger partial charge in [-0.3, -0.25) is 4.79 Å². The Morgan fingerprint density at radius 2 is 1.95 bits per heavy atom. The number of halogens is 1. The Morgan fingerprint density at radius 3 is 2.67 bits per heavy atom. The van der Waals surface area contributed by atoms with Crippen LogP contribution in [0.5, 0.6) is 5.75 Å². The predicted molar refractivity (Wildman–Crippen MR) is 77.6 cm³/mol. The van der Waals surface area contributed by atoms with Gasteiger partial charge in [-0.25, -0.2) is 4.39 Å². The number of carbonyl (C=O) groups is 1. The Labute approximate surface area is 121 Å². The number of β-lactam (4-membered cyclic amide) rings is 1. The third-order valence-electron chi connectivity index (χ3n) is 3.70. The zero-order chi connectivity index (χ0) is 15.0. The number of nitrogens with zero attached hydrogens (tertiary/aromatic N) is 1. The number of hydrogen-bond acceptors (Lipinski definition) is 3. The number of ether oxygens (including phenoxy) is 1. The number of carbonyl (C=O) groups excluding carboxylic acids is 1. The van der Waals surface area contributed by atoms with Gasteiger partial charge in [0.05, 0.1) is 13.2 Å². The lowest BCUT2D eigenvalue weighted by Gasteiger charge is -2.45. The molecule has 1 saturated heterocycles. The molecule has 0 aliphatic carbocycles. The number of hydrogen-bond donors (Lipinski definition) is 1. The van der Waals surface area contributed by atoms with Crippen LogP contribution in [-0.2, 0) is 4.79 Å². The van der Waals surface area contributed by atoms with Crippen molar-refractivity contribution in [3.8, 4) is 5.75 Å². The lowest BCUT2D eigenvalue weighted by Crippen LogP contribution is -2.63. The van der Waals surface area contributed by atoms with Crippen molar-refractivity contribution in [2.75, 3.05) is 12.0 Å². The van der Waals surface area contributed by atoms with E-state index < -0.39 is 12.1 Å². The fraction of sp³-hybridized carbons (Fsp3) is 0.188. The molecule has 2 atom stereocenters. The molecule has 3 rings (SSSR count). The third kappa shape index (κ3) is 2.15. The molecule has 21 heavy (non-hydrogen) atoms. The number of amides is 1. The highest BCUT2D eigenvalue weighted by Gasteiger charge is 2.47. The van der Waals surface area contributed by atoms with Crippen molar-refractivity contribution in [2.45, 2.75) is 12.1 Å². The van der Waals surface area contributed by atoms with E-state index in [1.807, 2.05) is 0 Å². The van der Waals surface area contributed by atoms with Crippen LogP contribution in [0, 0.1) is 5.82 Å². The van der Waals surface area contributed by atoms with Crippen molar-refractivity contribution in [1.82, 2.24) is 0 Å². The van der Waals surface area contributed by atoms with Crippen molar-refractivity contribution >= 4 is 11.6 Å². The highest BCUT2D eigenvalue weighted by atomic mass is 19.1. The summed E-state index contributed by atoms with van der Waals surface area (Å²) in [5.74, 6) is 0.0444. The maximum atomic E-state index is 14.0. The molecule has 1 amide bonds. The third-order valence-corrected chi connectivity index (χ3v) is 3.70. The Bertz CT molecular complexity index is 689. The summed E-state index contributed by atoms with van der Waals surface area (Å²) in [6.45, 7) is 0. The first-order valence-corrected chi connectivity index (χ1v) is 6.60. The van der Waals surface area contributed by atoms with Gasteiger partial charge in [0.25, 0.3) is 0 Å². The molecule has 2 aromatic rings. The summed E-state index contributed by atoms with van der Waals surface area (Å²) < 4.78 is 19.1. The van der Waals surface area contributed by atoms with Gasteiger partial charge in [-0.1, -0.05) is 24.3 Å². The molecule has 0 radical (unpaired) electrons. The largest absolute Gasteiger partial charge is 0.497 e. The average Bonchev–Trinajstić information content (AvgIpc) is 2.52. The minimum absolute atomic E-state index is 0.225. The van der Waals surface area contributed by atoms with E-state index in [1.165, 1.54) is 11.0 Å². The first kappa shape index (κ1) is 13.6. The second kappa shape index (κ2) is 5.18. The van der Waals surface area contributed by atoms with Crippen molar-refractivity contribution in [2.24, 2.45) is 5.73 Å². The molecule has 4 nitrogen and oxygen atoms in total. The second-order valence-electron chi connectivity index (χ2n) is 4.90. The summed E-state index contributed by atoms with van der Waals surface area (Å²) in [7, 11) is 1.55. The maximum absolute atomic E-state index is 14.0. The van der Waals surface area contributed by atoms with Crippen LogP contribution in [0.15, 0.2) is 48.5 Å². The monoisotopic (exact) mass is 286 g/mol. The first-order valence-electron chi connectivity index (χ1n) is 6.60. The molecule has 0 saturated carbocycles. The molecule has 0 bridgehead atoms. The van der Waals surface area contributed by atoms with Gasteiger partial charge in [-0.15, -0.1) is 0 Å². The van der Waals surface area contributed by atoms with E-state index in [0.717, 1.165) is 0 Å². The molecule has 2 N–H and O–H groups in total. The standard InChI is InChI=1S/C16H15FN2O2/c1-21-11-6-4-5-10(9-11)19-15(14(18)16(19)20)12-7-2-3-8-13(12)17/h2-9,14-15H,18H2,1H3. The molecule has 1 fully saturated rings. The van der Waals surface area contributed by atoms with Crippen LogP contribution in [0.4, 0.5) is 10.1 Å². The lowest BCUT2D eigenvalue weighted by atomic mass is 9.88. The molecule has 2 aromatic carbocycles.